The lowest BCUT2D eigenvalue weighted by molar-refractivity contribution is 0.391. The molecule has 0 atom stereocenters. The first-order valence-corrected chi connectivity index (χ1v) is 6.87. The highest BCUT2D eigenvalue weighted by Gasteiger charge is 2.08. The minimum Gasteiger partial charge on any atom is -0.338 e. The highest BCUT2D eigenvalue weighted by atomic mass is 32.2. The first-order chi connectivity index (χ1) is 8.25. The summed E-state index contributed by atoms with van der Waals surface area (Å²) < 4.78 is 5.22. The van der Waals surface area contributed by atoms with Gasteiger partial charge in [0.2, 0.25) is 11.7 Å². The molecule has 0 amide bonds. The summed E-state index contributed by atoms with van der Waals surface area (Å²) in [5.41, 5.74) is 0.997. The zero-order valence-corrected chi connectivity index (χ0v) is 10.9. The van der Waals surface area contributed by atoms with Crippen molar-refractivity contribution in [3.63, 3.8) is 0 Å². The van der Waals surface area contributed by atoms with Crippen molar-refractivity contribution < 1.29 is 4.52 Å². The van der Waals surface area contributed by atoms with Gasteiger partial charge >= 0.3 is 0 Å². The second-order valence-corrected chi connectivity index (χ2v) is 5.32. The van der Waals surface area contributed by atoms with Gasteiger partial charge in [-0.3, -0.25) is 0 Å². The molecule has 0 aliphatic carbocycles. The number of benzene rings is 1. The molecule has 0 N–H and O–H groups in total. The summed E-state index contributed by atoms with van der Waals surface area (Å²) in [5.74, 6) is 3.97. The first kappa shape index (κ1) is 12.2. The molecule has 0 unspecified atom stereocenters. The van der Waals surface area contributed by atoms with Crippen LogP contribution in [0.5, 0.6) is 0 Å². The van der Waals surface area contributed by atoms with E-state index in [1.807, 2.05) is 42.1 Å². The van der Waals surface area contributed by atoms with Gasteiger partial charge in [0.25, 0.3) is 0 Å². The standard InChI is InChI=1S/C13H16N2OS/c1-10(2)8-17-9-12-14-13(15-16-12)11-6-4-3-5-7-11/h3-7,10H,8-9H2,1-2H3. The minimum absolute atomic E-state index is 0.672. The SMILES string of the molecule is CC(C)CSCc1nc(-c2ccccc2)no1. The van der Waals surface area contributed by atoms with Crippen LogP contribution in [-0.4, -0.2) is 15.9 Å². The summed E-state index contributed by atoms with van der Waals surface area (Å²) in [6.45, 7) is 4.41. The van der Waals surface area contributed by atoms with Crippen LogP contribution in [0, 0.1) is 5.92 Å². The quantitative estimate of drug-likeness (QED) is 0.810. The first-order valence-electron chi connectivity index (χ1n) is 5.71. The Morgan fingerprint density at radius 2 is 2.00 bits per heavy atom. The minimum atomic E-state index is 0.672. The molecule has 90 valence electrons. The van der Waals surface area contributed by atoms with Gasteiger partial charge in [-0.1, -0.05) is 49.3 Å². The zero-order valence-electron chi connectivity index (χ0n) is 10.1. The predicted octanol–water partition coefficient (Wildman–Crippen LogP) is 3.63. The van der Waals surface area contributed by atoms with Gasteiger partial charge in [-0.15, -0.1) is 0 Å². The van der Waals surface area contributed by atoms with E-state index in [1.165, 1.54) is 0 Å². The van der Waals surface area contributed by atoms with Crippen LogP contribution in [0.25, 0.3) is 11.4 Å². The molecule has 0 fully saturated rings. The molecule has 1 aromatic carbocycles. The molecule has 1 aromatic heterocycles. The Labute approximate surface area is 106 Å². The Morgan fingerprint density at radius 3 is 2.71 bits per heavy atom. The van der Waals surface area contributed by atoms with Gasteiger partial charge in [-0.05, 0) is 11.7 Å². The zero-order chi connectivity index (χ0) is 12.1. The van der Waals surface area contributed by atoms with Crippen LogP contribution in [0.1, 0.15) is 19.7 Å². The number of thioether (sulfide) groups is 1. The predicted molar refractivity (Wildman–Crippen MR) is 70.7 cm³/mol. The molecule has 3 nitrogen and oxygen atoms in total. The summed E-state index contributed by atoms with van der Waals surface area (Å²) in [4.78, 5) is 4.38. The molecular formula is C13H16N2OS. The maximum atomic E-state index is 5.22. The highest BCUT2D eigenvalue weighted by Crippen LogP contribution is 2.18. The van der Waals surface area contributed by atoms with E-state index in [-0.39, 0.29) is 0 Å². The molecule has 17 heavy (non-hydrogen) atoms. The summed E-state index contributed by atoms with van der Waals surface area (Å²) in [6, 6.07) is 9.88. The fourth-order valence-electron chi connectivity index (χ4n) is 1.40. The molecule has 0 radical (unpaired) electrons. The van der Waals surface area contributed by atoms with Crippen molar-refractivity contribution in [3.8, 4) is 11.4 Å². The highest BCUT2D eigenvalue weighted by molar-refractivity contribution is 7.98. The summed E-state index contributed by atoms with van der Waals surface area (Å²) in [6.07, 6.45) is 0. The van der Waals surface area contributed by atoms with E-state index >= 15 is 0 Å². The fourth-order valence-corrected chi connectivity index (χ4v) is 2.28. The van der Waals surface area contributed by atoms with Crippen molar-refractivity contribution in [2.75, 3.05) is 5.75 Å². The number of rotatable bonds is 5. The monoisotopic (exact) mass is 248 g/mol. The number of hydrogen-bond donors (Lipinski definition) is 0. The number of aromatic nitrogens is 2. The normalized spacial score (nSPS) is 11.0. The van der Waals surface area contributed by atoms with Gasteiger partial charge in [-0.25, -0.2) is 0 Å². The summed E-state index contributed by atoms with van der Waals surface area (Å²) >= 11 is 1.83. The van der Waals surface area contributed by atoms with Crippen LogP contribution in [0.15, 0.2) is 34.9 Å². The Hall–Kier alpha value is -1.29. The van der Waals surface area contributed by atoms with E-state index in [0.717, 1.165) is 17.1 Å². The van der Waals surface area contributed by atoms with Crippen LogP contribution in [0.2, 0.25) is 0 Å². The largest absolute Gasteiger partial charge is 0.338 e. The van der Waals surface area contributed by atoms with Gasteiger partial charge < -0.3 is 4.52 Å². The smallest absolute Gasteiger partial charge is 0.236 e. The maximum absolute atomic E-state index is 5.22. The maximum Gasteiger partial charge on any atom is 0.236 e. The molecule has 4 heteroatoms. The van der Waals surface area contributed by atoms with Gasteiger partial charge in [-0.2, -0.15) is 16.7 Å². The fraction of sp³-hybridized carbons (Fsp3) is 0.385. The van der Waals surface area contributed by atoms with Crippen molar-refractivity contribution in [3.05, 3.63) is 36.2 Å². The molecule has 0 saturated heterocycles. The van der Waals surface area contributed by atoms with Crippen LogP contribution in [0.4, 0.5) is 0 Å². The van der Waals surface area contributed by atoms with Gasteiger partial charge in [0.15, 0.2) is 0 Å². The van der Waals surface area contributed by atoms with E-state index in [4.69, 9.17) is 4.52 Å². The molecule has 0 aliphatic rings. The van der Waals surface area contributed by atoms with E-state index < -0.39 is 0 Å². The van der Waals surface area contributed by atoms with Crippen molar-refractivity contribution in [2.45, 2.75) is 19.6 Å². The third-order valence-corrected chi connectivity index (χ3v) is 3.53. The molecule has 0 bridgehead atoms. The Balaban J connectivity index is 1.97. The molecule has 0 spiro atoms. The summed E-state index contributed by atoms with van der Waals surface area (Å²) in [7, 11) is 0. The Bertz CT molecular complexity index is 453. The molecule has 1 heterocycles. The van der Waals surface area contributed by atoms with E-state index in [0.29, 0.717) is 17.6 Å². The van der Waals surface area contributed by atoms with Crippen LogP contribution in [-0.2, 0) is 5.75 Å². The van der Waals surface area contributed by atoms with Crippen LogP contribution < -0.4 is 0 Å². The number of hydrogen-bond acceptors (Lipinski definition) is 4. The average Bonchev–Trinajstić information content (AvgIpc) is 2.78. The van der Waals surface area contributed by atoms with Crippen molar-refractivity contribution in [1.82, 2.24) is 10.1 Å². The molecule has 0 aliphatic heterocycles. The van der Waals surface area contributed by atoms with E-state index in [2.05, 4.69) is 24.0 Å². The summed E-state index contributed by atoms with van der Waals surface area (Å²) in [5, 5.41) is 3.98. The third kappa shape index (κ3) is 3.60. The van der Waals surface area contributed by atoms with Crippen molar-refractivity contribution in [2.24, 2.45) is 5.92 Å². The Kier molecular flexibility index (Phi) is 4.20. The van der Waals surface area contributed by atoms with Gasteiger partial charge in [0, 0.05) is 5.56 Å². The lowest BCUT2D eigenvalue weighted by atomic mass is 10.2. The molecular weight excluding hydrogens is 232 g/mol. The van der Waals surface area contributed by atoms with E-state index in [9.17, 15) is 0 Å². The van der Waals surface area contributed by atoms with Crippen LogP contribution >= 0.6 is 11.8 Å². The van der Waals surface area contributed by atoms with E-state index in [1.54, 1.807) is 0 Å². The molecule has 0 saturated carbocycles. The molecule has 2 aromatic rings. The Morgan fingerprint density at radius 1 is 1.24 bits per heavy atom. The second-order valence-electron chi connectivity index (χ2n) is 4.29. The number of nitrogens with zero attached hydrogens (tertiary/aromatic N) is 2. The lowest BCUT2D eigenvalue weighted by Gasteiger charge is -2.00. The average molecular weight is 248 g/mol. The van der Waals surface area contributed by atoms with Crippen molar-refractivity contribution >= 4 is 11.8 Å². The van der Waals surface area contributed by atoms with Crippen molar-refractivity contribution in [1.29, 1.82) is 0 Å². The van der Waals surface area contributed by atoms with Gasteiger partial charge in [0.1, 0.15) is 0 Å². The third-order valence-electron chi connectivity index (χ3n) is 2.18. The second kappa shape index (κ2) is 5.87. The van der Waals surface area contributed by atoms with Gasteiger partial charge in [0.05, 0.1) is 5.75 Å². The lowest BCUT2D eigenvalue weighted by Crippen LogP contribution is -1.91. The van der Waals surface area contributed by atoms with Crippen LogP contribution in [0.3, 0.4) is 0 Å². The topological polar surface area (TPSA) is 38.9 Å². The molecule has 2 rings (SSSR count).